The van der Waals surface area contributed by atoms with Crippen molar-refractivity contribution in [3.05, 3.63) is 71.0 Å². The van der Waals surface area contributed by atoms with Crippen LogP contribution in [0.25, 0.3) is 11.4 Å². The molecule has 0 radical (unpaired) electrons. The molecule has 3 rings (SSSR count). The first kappa shape index (κ1) is 21.4. The van der Waals surface area contributed by atoms with E-state index in [0.29, 0.717) is 40.5 Å². The Morgan fingerprint density at radius 1 is 1.24 bits per heavy atom. The smallest absolute Gasteiger partial charge is 0.230 e. The first-order chi connectivity index (χ1) is 14.1. The molecule has 0 bridgehead atoms. The molecule has 3 aromatic rings. The van der Waals surface area contributed by atoms with Crippen molar-refractivity contribution in [1.29, 1.82) is 0 Å². The Balaban J connectivity index is 1.56. The molecule has 6 nitrogen and oxygen atoms in total. The van der Waals surface area contributed by atoms with Gasteiger partial charge < -0.3 is 5.32 Å². The van der Waals surface area contributed by atoms with Crippen LogP contribution in [-0.2, 0) is 17.8 Å². The number of hydrogen-bond acceptors (Lipinski definition) is 5. The average Bonchev–Trinajstić information content (AvgIpc) is 3.13. The maximum Gasteiger partial charge on any atom is 0.230 e. The fourth-order valence-corrected chi connectivity index (χ4v) is 3.85. The van der Waals surface area contributed by atoms with Crippen LogP contribution in [0.4, 0.5) is 0 Å². The largest absolute Gasteiger partial charge is 0.355 e. The maximum absolute atomic E-state index is 12.2. The van der Waals surface area contributed by atoms with E-state index in [1.165, 1.54) is 11.8 Å². The predicted octanol–water partition coefficient (Wildman–Crippen LogP) is 4.28. The third-order valence-corrected chi connectivity index (χ3v) is 5.85. The van der Waals surface area contributed by atoms with Crippen LogP contribution in [0.5, 0.6) is 0 Å². The van der Waals surface area contributed by atoms with Gasteiger partial charge in [0.15, 0.2) is 11.0 Å². The van der Waals surface area contributed by atoms with Crippen LogP contribution < -0.4 is 5.32 Å². The number of hydrogen-bond donors (Lipinski definition) is 1. The SMILES string of the molecule is C=CCn1c(SCC(=O)NCCc2cccc(Cl)c2Cl)nnc1-c1cccnc1. The quantitative estimate of drug-likeness (QED) is 0.391. The second-order valence-corrected chi connectivity index (χ2v) is 7.78. The average molecular weight is 448 g/mol. The molecule has 0 spiro atoms. The molecule has 29 heavy (non-hydrogen) atoms. The summed E-state index contributed by atoms with van der Waals surface area (Å²) in [6, 6.07) is 9.23. The summed E-state index contributed by atoms with van der Waals surface area (Å²) in [5, 5.41) is 13.0. The molecule has 2 aromatic heterocycles. The number of rotatable bonds is 9. The number of nitrogens with zero attached hydrogens (tertiary/aromatic N) is 4. The minimum absolute atomic E-state index is 0.0933. The highest BCUT2D eigenvalue weighted by molar-refractivity contribution is 7.99. The van der Waals surface area contributed by atoms with Crippen molar-refractivity contribution in [2.75, 3.05) is 12.3 Å². The summed E-state index contributed by atoms with van der Waals surface area (Å²) in [7, 11) is 0. The molecule has 0 saturated heterocycles. The van der Waals surface area contributed by atoms with Gasteiger partial charge in [-0.15, -0.1) is 16.8 Å². The summed E-state index contributed by atoms with van der Waals surface area (Å²) in [4.78, 5) is 16.3. The van der Waals surface area contributed by atoms with E-state index in [1.807, 2.05) is 28.8 Å². The Bertz CT molecular complexity index is 994. The minimum Gasteiger partial charge on any atom is -0.355 e. The molecule has 9 heteroatoms. The number of nitrogens with one attached hydrogen (secondary N) is 1. The third kappa shape index (κ3) is 5.59. The molecular formula is C20H19Cl2N5OS. The van der Waals surface area contributed by atoms with Crippen LogP contribution in [0.1, 0.15) is 5.56 Å². The standard InChI is InChI=1S/C20H19Cl2N5OS/c1-2-11-27-19(15-6-4-9-23-12-15)25-26-20(27)29-13-17(28)24-10-8-14-5-3-7-16(21)18(14)22/h2-7,9,12H,1,8,10-11,13H2,(H,24,28). The van der Waals surface area contributed by atoms with Crippen LogP contribution in [0.3, 0.4) is 0 Å². The van der Waals surface area contributed by atoms with Crippen molar-refractivity contribution in [1.82, 2.24) is 25.1 Å². The van der Waals surface area contributed by atoms with Crippen LogP contribution in [0, 0.1) is 0 Å². The van der Waals surface area contributed by atoms with E-state index >= 15 is 0 Å². The number of carbonyl (C=O) groups excluding carboxylic acids is 1. The predicted molar refractivity (Wildman–Crippen MR) is 117 cm³/mol. The Hall–Kier alpha value is -2.35. The zero-order chi connectivity index (χ0) is 20.6. The van der Waals surface area contributed by atoms with Crippen molar-refractivity contribution in [3.63, 3.8) is 0 Å². The van der Waals surface area contributed by atoms with Crippen LogP contribution in [0.15, 0.2) is 60.5 Å². The molecule has 0 aliphatic rings. The van der Waals surface area contributed by atoms with Gasteiger partial charge in [0.05, 0.1) is 15.8 Å². The van der Waals surface area contributed by atoms with Gasteiger partial charge in [-0.1, -0.05) is 53.2 Å². The van der Waals surface area contributed by atoms with E-state index in [4.69, 9.17) is 23.2 Å². The highest BCUT2D eigenvalue weighted by Crippen LogP contribution is 2.26. The molecule has 0 aliphatic heterocycles. The van der Waals surface area contributed by atoms with Gasteiger partial charge in [-0.25, -0.2) is 0 Å². The zero-order valence-electron chi connectivity index (χ0n) is 15.5. The lowest BCUT2D eigenvalue weighted by Crippen LogP contribution is -2.27. The highest BCUT2D eigenvalue weighted by Gasteiger charge is 2.15. The Labute approximate surface area is 183 Å². The first-order valence-corrected chi connectivity index (χ1v) is 10.6. The first-order valence-electron chi connectivity index (χ1n) is 8.87. The normalized spacial score (nSPS) is 10.7. The second-order valence-electron chi connectivity index (χ2n) is 6.05. The number of amides is 1. The summed E-state index contributed by atoms with van der Waals surface area (Å²) in [5.41, 5.74) is 1.76. The van der Waals surface area contributed by atoms with Gasteiger partial charge in [0, 0.05) is 31.0 Å². The topological polar surface area (TPSA) is 72.7 Å². The summed E-state index contributed by atoms with van der Waals surface area (Å²) >= 11 is 13.5. The fourth-order valence-electron chi connectivity index (χ4n) is 2.66. The molecular weight excluding hydrogens is 429 g/mol. The molecule has 0 aliphatic carbocycles. The molecule has 1 aromatic carbocycles. The number of carbonyl (C=O) groups is 1. The molecule has 1 amide bonds. The van der Waals surface area contributed by atoms with Gasteiger partial charge in [-0.3, -0.25) is 14.3 Å². The van der Waals surface area contributed by atoms with Crippen LogP contribution in [0.2, 0.25) is 10.0 Å². The van der Waals surface area contributed by atoms with Gasteiger partial charge in [-0.05, 0) is 30.2 Å². The van der Waals surface area contributed by atoms with Gasteiger partial charge in [0.1, 0.15) is 0 Å². The van der Waals surface area contributed by atoms with E-state index in [2.05, 4.69) is 27.1 Å². The number of allylic oxidation sites excluding steroid dienone is 1. The van der Waals surface area contributed by atoms with E-state index in [9.17, 15) is 4.79 Å². The third-order valence-electron chi connectivity index (χ3n) is 4.03. The van der Waals surface area contributed by atoms with Crippen molar-refractivity contribution in [2.24, 2.45) is 0 Å². The Morgan fingerprint density at radius 2 is 2.10 bits per heavy atom. The van der Waals surface area contributed by atoms with Crippen molar-refractivity contribution in [2.45, 2.75) is 18.1 Å². The second kappa shape index (κ2) is 10.4. The van der Waals surface area contributed by atoms with Crippen LogP contribution in [-0.4, -0.2) is 38.0 Å². The number of pyridine rings is 1. The molecule has 0 unspecified atom stereocenters. The molecule has 1 N–H and O–H groups in total. The summed E-state index contributed by atoms with van der Waals surface area (Å²) < 4.78 is 1.91. The van der Waals surface area contributed by atoms with E-state index in [1.54, 1.807) is 24.5 Å². The Morgan fingerprint density at radius 3 is 2.86 bits per heavy atom. The fraction of sp³-hybridized carbons (Fsp3) is 0.200. The van der Waals surface area contributed by atoms with Crippen molar-refractivity contribution in [3.8, 4) is 11.4 Å². The number of benzene rings is 1. The van der Waals surface area contributed by atoms with Crippen molar-refractivity contribution >= 4 is 40.9 Å². The lowest BCUT2D eigenvalue weighted by molar-refractivity contribution is -0.118. The summed E-state index contributed by atoms with van der Waals surface area (Å²) in [5.74, 6) is 0.826. The number of aromatic nitrogens is 4. The summed E-state index contributed by atoms with van der Waals surface area (Å²) in [6.45, 7) is 4.80. The van der Waals surface area contributed by atoms with E-state index in [0.717, 1.165) is 11.1 Å². The lowest BCUT2D eigenvalue weighted by Gasteiger charge is -2.09. The van der Waals surface area contributed by atoms with Crippen LogP contribution >= 0.6 is 35.0 Å². The highest BCUT2D eigenvalue weighted by atomic mass is 35.5. The number of halogens is 2. The number of thioether (sulfide) groups is 1. The zero-order valence-corrected chi connectivity index (χ0v) is 17.8. The van der Waals surface area contributed by atoms with E-state index in [-0.39, 0.29) is 11.7 Å². The van der Waals surface area contributed by atoms with Gasteiger partial charge in [-0.2, -0.15) is 0 Å². The minimum atomic E-state index is -0.0933. The maximum atomic E-state index is 12.2. The molecule has 0 saturated carbocycles. The van der Waals surface area contributed by atoms with Gasteiger partial charge in [0.2, 0.25) is 5.91 Å². The lowest BCUT2D eigenvalue weighted by atomic mass is 10.1. The molecule has 2 heterocycles. The van der Waals surface area contributed by atoms with Gasteiger partial charge in [0.25, 0.3) is 0 Å². The van der Waals surface area contributed by atoms with Gasteiger partial charge >= 0.3 is 0 Å². The molecule has 150 valence electrons. The monoisotopic (exact) mass is 447 g/mol. The van der Waals surface area contributed by atoms with E-state index < -0.39 is 0 Å². The molecule has 0 fully saturated rings. The summed E-state index contributed by atoms with van der Waals surface area (Å²) in [6.07, 6.45) is 5.80. The molecule has 0 atom stereocenters. The van der Waals surface area contributed by atoms with Crippen molar-refractivity contribution < 1.29 is 4.79 Å². The Kier molecular flexibility index (Phi) is 7.69.